The van der Waals surface area contributed by atoms with Crippen LogP contribution < -0.4 is 19.1 Å². The van der Waals surface area contributed by atoms with Crippen molar-refractivity contribution in [2.75, 3.05) is 54.1 Å². The summed E-state index contributed by atoms with van der Waals surface area (Å²) in [5, 5.41) is 0. The number of hydrogen-bond donors (Lipinski definition) is 1. The fourth-order valence-corrected chi connectivity index (χ4v) is 4.93. The topological polar surface area (TPSA) is 67.0 Å². The van der Waals surface area contributed by atoms with E-state index in [0.717, 1.165) is 67.2 Å². The first-order valence-electron chi connectivity index (χ1n) is 10.5. The molecule has 8 heteroatoms. The van der Waals surface area contributed by atoms with Gasteiger partial charge in [-0.1, -0.05) is 23.5 Å². The molecule has 0 atom stereocenters. The number of nitrogens with one attached hydrogen (secondary N) is 1. The van der Waals surface area contributed by atoms with Gasteiger partial charge in [-0.3, -0.25) is 9.69 Å². The predicted octanol–water partition coefficient (Wildman–Crippen LogP) is 2.98. The molecule has 0 unspecified atom stereocenters. The summed E-state index contributed by atoms with van der Waals surface area (Å²) in [6.45, 7) is 5.94. The first-order valence-corrected chi connectivity index (χ1v) is 11.3. The lowest BCUT2D eigenvalue weighted by Crippen LogP contribution is -2.46. The first kappa shape index (κ1) is 21.7. The SMILES string of the molecule is COc1ccc(CN2CCN(CCc3ccc4[nH]c(=O)sc4c3)CC2)c(OC)c1OC. The van der Waals surface area contributed by atoms with Crippen molar-refractivity contribution in [3.8, 4) is 17.2 Å². The Morgan fingerprint density at radius 2 is 1.68 bits per heavy atom. The van der Waals surface area contributed by atoms with Crippen molar-refractivity contribution in [3.63, 3.8) is 0 Å². The molecule has 0 radical (unpaired) electrons. The minimum Gasteiger partial charge on any atom is -0.493 e. The molecule has 0 aliphatic carbocycles. The van der Waals surface area contributed by atoms with Gasteiger partial charge in [0, 0.05) is 44.8 Å². The highest BCUT2D eigenvalue weighted by atomic mass is 32.1. The molecule has 1 N–H and O–H groups in total. The van der Waals surface area contributed by atoms with Gasteiger partial charge >= 0.3 is 4.87 Å². The quantitative estimate of drug-likeness (QED) is 0.577. The molecule has 2 heterocycles. The average molecular weight is 444 g/mol. The monoisotopic (exact) mass is 443 g/mol. The Kier molecular flexibility index (Phi) is 6.80. The van der Waals surface area contributed by atoms with Gasteiger partial charge in [0.2, 0.25) is 5.75 Å². The number of aromatic nitrogens is 1. The number of rotatable bonds is 8. The average Bonchev–Trinajstić information content (AvgIpc) is 3.17. The van der Waals surface area contributed by atoms with Gasteiger partial charge in [0.05, 0.1) is 31.5 Å². The molecule has 31 heavy (non-hydrogen) atoms. The van der Waals surface area contributed by atoms with E-state index in [9.17, 15) is 4.79 Å². The van der Waals surface area contributed by atoms with Crippen LogP contribution >= 0.6 is 11.3 Å². The van der Waals surface area contributed by atoms with Crippen LogP contribution in [0.3, 0.4) is 0 Å². The third-order valence-corrected chi connectivity index (χ3v) is 6.69. The number of H-pyrrole nitrogens is 1. The Morgan fingerprint density at radius 3 is 2.39 bits per heavy atom. The molecular weight excluding hydrogens is 414 g/mol. The Labute approximate surface area is 186 Å². The number of fused-ring (bicyclic) bond motifs is 1. The molecule has 1 fully saturated rings. The first-order chi connectivity index (χ1) is 15.1. The molecular formula is C23H29N3O4S. The van der Waals surface area contributed by atoms with Crippen molar-refractivity contribution in [2.24, 2.45) is 0 Å². The molecule has 7 nitrogen and oxygen atoms in total. The van der Waals surface area contributed by atoms with Crippen molar-refractivity contribution >= 4 is 21.6 Å². The second-order valence-corrected chi connectivity index (χ2v) is 8.72. The van der Waals surface area contributed by atoms with Gasteiger partial charge in [0.15, 0.2) is 11.5 Å². The largest absolute Gasteiger partial charge is 0.493 e. The van der Waals surface area contributed by atoms with Crippen LogP contribution in [0, 0.1) is 0 Å². The van der Waals surface area contributed by atoms with Crippen LogP contribution in [-0.4, -0.2) is 68.8 Å². The summed E-state index contributed by atoms with van der Waals surface area (Å²) in [5.41, 5.74) is 3.31. The summed E-state index contributed by atoms with van der Waals surface area (Å²) in [7, 11) is 4.94. The van der Waals surface area contributed by atoms with Gasteiger partial charge in [-0.25, -0.2) is 0 Å². The van der Waals surface area contributed by atoms with Crippen LogP contribution in [0.15, 0.2) is 35.1 Å². The summed E-state index contributed by atoms with van der Waals surface area (Å²) < 4.78 is 17.6. The highest BCUT2D eigenvalue weighted by Gasteiger charge is 2.21. The molecule has 0 spiro atoms. The standard InChI is InChI=1S/C23H29N3O4S/c1-28-19-7-5-17(21(29-2)22(19)30-3)15-26-12-10-25(11-13-26)9-8-16-4-6-18-20(14-16)31-23(27)24-18/h4-7,14H,8-13,15H2,1-3H3,(H,24,27). The van der Waals surface area contributed by atoms with Crippen molar-refractivity contribution in [1.82, 2.24) is 14.8 Å². The lowest BCUT2D eigenvalue weighted by atomic mass is 10.1. The van der Waals surface area contributed by atoms with E-state index in [4.69, 9.17) is 14.2 Å². The van der Waals surface area contributed by atoms with E-state index in [1.165, 1.54) is 16.9 Å². The lowest BCUT2D eigenvalue weighted by molar-refractivity contribution is 0.127. The van der Waals surface area contributed by atoms with Crippen molar-refractivity contribution < 1.29 is 14.2 Å². The van der Waals surface area contributed by atoms with Crippen LogP contribution in [0.2, 0.25) is 0 Å². The molecule has 0 saturated carbocycles. The molecule has 3 aromatic rings. The zero-order valence-electron chi connectivity index (χ0n) is 18.3. The van der Waals surface area contributed by atoms with Gasteiger partial charge < -0.3 is 24.1 Å². The number of hydrogen-bond acceptors (Lipinski definition) is 7. The molecule has 4 rings (SSSR count). The van der Waals surface area contributed by atoms with Gasteiger partial charge in [-0.05, 0) is 30.2 Å². The van der Waals surface area contributed by atoms with E-state index in [1.807, 2.05) is 12.1 Å². The molecule has 1 aliphatic heterocycles. The third kappa shape index (κ3) is 4.87. The number of thiazole rings is 1. The fourth-order valence-electron chi connectivity index (χ4n) is 4.13. The van der Waals surface area contributed by atoms with Gasteiger partial charge in [-0.2, -0.15) is 0 Å². The maximum atomic E-state index is 11.5. The van der Waals surface area contributed by atoms with Crippen LogP contribution in [0.5, 0.6) is 17.2 Å². The normalized spacial score (nSPS) is 15.3. The van der Waals surface area contributed by atoms with Crippen molar-refractivity contribution in [1.29, 1.82) is 0 Å². The maximum Gasteiger partial charge on any atom is 0.305 e. The number of benzene rings is 2. The zero-order valence-corrected chi connectivity index (χ0v) is 19.1. The highest BCUT2D eigenvalue weighted by Crippen LogP contribution is 2.40. The van der Waals surface area contributed by atoms with E-state index < -0.39 is 0 Å². The Morgan fingerprint density at radius 1 is 0.935 bits per heavy atom. The van der Waals surface area contributed by atoms with Gasteiger partial charge in [0.1, 0.15) is 0 Å². The highest BCUT2D eigenvalue weighted by molar-refractivity contribution is 7.16. The van der Waals surface area contributed by atoms with Crippen LogP contribution in [-0.2, 0) is 13.0 Å². The zero-order chi connectivity index (χ0) is 21.8. The maximum absolute atomic E-state index is 11.5. The van der Waals surface area contributed by atoms with E-state index in [1.54, 1.807) is 21.3 Å². The molecule has 2 aromatic carbocycles. The van der Waals surface area contributed by atoms with E-state index >= 15 is 0 Å². The van der Waals surface area contributed by atoms with E-state index in [0.29, 0.717) is 11.5 Å². The van der Waals surface area contributed by atoms with E-state index in [-0.39, 0.29) is 4.87 Å². The number of piperazine rings is 1. The number of methoxy groups -OCH3 is 3. The second kappa shape index (κ2) is 9.72. The molecule has 1 saturated heterocycles. The van der Waals surface area contributed by atoms with E-state index in [2.05, 4.69) is 33.0 Å². The summed E-state index contributed by atoms with van der Waals surface area (Å²) in [4.78, 5) is 19.3. The summed E-state index contributed by atoms with van der Waals surface area (Å²) in [6.07, 6.45) is 0.992. The number of aromatic amines is 1. The molecule has 1 aromatic heterocycles. The summed E-state index contributed by atoms with van der Waals surface area (Å²) >= 11 is 1.28. The molecule has 0 amide bonds. The molecule has 0 bridgehead atoms. The van der Waals surface area contributed by atoms with Gasteiger partial charge in [-0.15, -0.1) is 0 Å². The summed E-state index contributed by atoms with van der Waals surface area (Å²) in [5.74, 6) is 2.07. The fraction of sp³-hybridized carbons (Fsp3) is 0.435. The minimum atomic E-state index is 0.00869. The predicted molar refractivity (Wildman–Crippen MR) is 124 cm³/mol. The van der Waals surface area contributed by atoms with Crippen LogP contribution in [0.4, 0.5) is 0 Å². The Bertz CT molecular complexity index is 1090. The van der Waals surface area contributed by atoms with Gasteiger partial charge in [0.25, 0.3) is 0 Å². The molecule has 1 aliphatic rings. The molecule has 166 valence electrons. The Balaban J connectivity index is 1.32. The van der Waals surface area contributed by atoms with Crippen LogP contribution in [0.25, 0.3) is 10.2 Å². The number of nitrogens with zero attached hydrogens (tertiary/aromatic N) is 2. The summed E-state index contributed by atoms with van der Waals surface area (Å²) in [6, 6.07) is 10.3. The minimum absolute atomic E-state index is 0.00869. The second-order valence-electron chi connectivity index (χ2n) is 7.71. The number of ether oxygens (including phenoxy) is 3. The Hall–Kier alpha value is -2.55. The van der Waals surface area contributed by atoms with Crippen molar-refractivity contribution in [3.05, 3.63) is 51.1 Å². The third-order valence-electron chi connectivity index (χ3n) is 5.85. The smallest absolute Gasteiger partial charge is 0.305 e. The van der Waals surface area contributed by atoms with Crippen molar-refractivity contribution in [2.45, 2.75) is 13.0 Å². The van der Waals surface area contributed by atoms with Crippen LogP contribution in [0.1, 0.15) is 11.1 Å². The lowest BCUT2D eigenvalue weighted by Gasteiger charge is -2.35.